The molecule has 66 valence electrons. The van der Waals surface area contributed by atoms with Gasteiger partial charge >= 0.3 is 0 Å². The molecule has 5 heteroatoms. The summed E-state index contributed by atoms with van der Waals surface area (Å²) in [6.07, 6.45) is 0. The molecule has 0 radical (unpaired) electrons. The van der Waals surface area contributed by atoms with Crippen LogP contribution >= 0.6 is 11.6 Å². The van der Waals surface area contributed by atoms with Crippen molar-refractivity contribution in [2.45, 2.75) is 6.61 Å². The third kappa shape index (κ3) is 1.91. The van der Waals surface area contributed by atoms with E-state index in [1.165, 1.54) is 0 Å². The van der Waals surface area contributed by atoms with Gasteiger partial charge < -0.3 is 0 Å². The lowest BCUT2D eigenvalue weighted by molar-refractivity contribution is 0.121. The number of benzene rings is 1. The van der Waals surface area contributed by atoms with Crippen LogP contribution in [0, 0.1) is 11.6 Å². The van der Waals surface area contributed by atoms with Gasteiger partial charge in [0.2, 0.25) is 0 Å². The predicted molar refractivity (Wildman–Crippen MR) is 40.3 cm³/mol. The Morgan fingerprint density at radius 1 is 1.33 bits per heavy atom. The van der Waals surface area contributed by atoms with Crippen molar-refractivity contribution in [1.82, 2.24) is 0 Å². The highest BCUT2D eigenvalue weighted by Crippen LogP contribution is 2.19. The van der Waals surface area contributed by atoms with Crippen molar-refractivity contribution in [1.29, 1.82) is 0 Å². The van der Waals surface area contributed by atoms with Crippen LogP contribution in [0.2, 0.25) is 5.02 Å². The van der Waals surface area contributed by atoms with Crippen molar-refractivity contribution in [3.8, 4) is 0 Å². The SMILES string of the molecule is NOCc1cc(F)c(Cl)cc1F. The van der Waals surface area contributed by atoms with Gasteiger partial charge in [0.25, 0.3) is 0 Å². The average molecular weight is 194 g/mol. The van der Waals surface area contributed by atoms with Crippen LogP contribution in [-0.2, 0) is 11.4 Å². The molecule has 0 unspecified atom stereocenters. The zero-order valence-corrected chi connectivity index (χ0v) is 6.74. The van der Waals surface area contributed by atoms with E-state index in [-0.39, 0.29) is 17.2 Å². The molecule has 0 fully saturated rings. The van der Waals surface area contributed by atoms with E-state index in [1.807, 2.05) is 0 Å². The van der Waals surface area contributed by atoms with Crippen molar-refractivity contribution >= 4 is 11.6 Å². The standard InChI is InChI=1S/C7H6ClF2NO/c8-5-2-6(9)4(3-12-11)1-7(5)10/h1-2H,3,11H2. The first-order valence-electron chi connectivity index (χ1n) is 3.10. The Hall–Kier alpha value is -0.710. The Morgan fingerprint density at radius 3 is 2.58 bits per heavy atom. The highest BCUT2D eigenvalue weighted by atomic mass is 35.5. The predicted octanol–water partition coefficient (Wildman–Crippen LogP) is 2.01. The van der Waals surface area contributed by atoms with Crippen LogP contribution in [0.4, 0.5) is 8.78 Å². The second-order valence-corrected chi connectivity index (χ2v) is 2.58. The molecule has 0 saturated heterocycles. The maximum Gasteiger partial charge on any atom is 0.142 e. The highest BCUT2D eigenvalue weighted by Gasteiger charge is 2.07. The summed E-state index contributed by atoms with van der Waals surface area (Å²) in [5.74, 6) is 3.37. The molecule has 2 nitrogen and oxygen atoms in total. The van der Waals surface area contributed by atoms with Gasteiger partial charge in [0.1, 0.15) is 11.6 Å². The van der Waals surface area contributed by atoms with Gasteiger partial charge in [-0.15, -0.1) is 0 Å². The summed E-state index contributed by atoms with van der Waals surface area (Å²) in [4.78, 5) is 4.15. The lowest BCUT2D eigenvalue weighted by Gasteiger charge is -2.02. The van der Waals surface area contributed by atoms with Crippen molar-refractivity contribution in [3.63, 3.8) is 0 Å². The second-order valence-electron chi connectivity index (χ2n) is 2.17. The fourth-order valence-corrected chi connectivity index (χ4v) is 0.914. The zero-order valence-electron chi connectivity index (χ0n) is 5.98. The van der Waals surface area contributed by atoms with E-state index in [0.717, 1.165) is 12.1 Å². The molecule has 0 saturated carbocycles. The van der Waals surface area contributed by atoms with E-state index in [9.17, 15) is 8.78 Å². The van der Waals surface area contributed by atoms with E-state index in [4.69, 9.17) is 17.5 Å². The molecule has 0 atom stereocenters. The van der Waals surface area contributed by atoms with Crippen LogP contribution in [0.15, 0.2) is 12.1 Å². The fourth-order valence-electron chi connectivity index (χ4n) is 0.764. The first-order valence-corrected chi connectivity index (χ1v) is 3.48. The van der Waals surface area contributed by atoms with Crippen LogP contribution in [0.1, 0.15) is 5.56 Å². The molecule has 0 heterocycles. The normalized spacial score (nSPS) is 10.3. The molecule has 1 aromatic carbocycles. The smallest absolute Gasteiger partial charge is 0.142 e. The molecular weight excluding hydrogens is 188 g/mol. The fraction of sp³-hybridized carbons (Fsp3) is 0.143. The second kappa shape index (κ2) is 3.80. The molecule has 0 aromatic heterocycles. The lowest BCUT2D eigenvalue weighted by Crippen LogP contribution is -2.01. The van der Waals surface area contributed by atoms with Crippen LogP contribution < -0.4 is 5.90 Å². The Balaban J connectivity index is 3.05. The molecular formula is C7H6ClF2NO. The van der Waals surface area contributed by atoms with Gasteiger partial charge in [-0.05, 0) is 12.1 Å². The topological polar surface area (TPSA) is 35.2 Å². The van der Waals surface area contributed by atoms with Crippen LogP contribution in [0.5, 0.6) is 0 Å². The average Bonchev–Trinajstić information content (AvgIpc) is 2.01. The molecule has 1 aromatic rings. The molecule has 0 bridgehead atoms. The Bertz CT molecular complexity index is 293. The highest BCUT2D eigenvalue weighted by molar-refractivity contribution is 6.30. The zero-order chi connectivity index (χ0) is 9.14. The molecule has 0 aliphatic heterocycles. The number of hydrogen-bond acceptors (Lipinski definition) is 2. The van der Waals surface area contributed by atoms with Gasteiger partial charge in [-0.2, -0.15) is 0 Å². The molecule has 12 heavy (non-hydrogen) atoms. The third-order valence-corrected chi connectivity index (χ3v) is 1.62. The third-order valence-electron chi connectivity index (χ3n) is 1.33. The van der Waals surface area contributed by atoms with E-state index in [0.29, 0.717) is 0 Å². The summed E-state index contributed by atoms with van der Waals surface area (Å²) in [6.45, 7) is -0.181. The summed E-state index contributed by atoms with van der Waals surface area (Å²) in [6, 6.07) is 1.83. The van der Waals surface area contributed by atoms with Gasteiger partial charge in [0, 0.05) is 5.56 Å². The van der Waals surface area contributed by atoms with Crippen molar-refractivity contribution < 1.29 is 13.6 Å². The van der Waals surface area contributed by atoms with Crippen molar-refractivity contribution in [3.05, 3.63) is 34.4 Å². The summed E-state index contributed by atoms with van der Waals surface area (Å²) in [7, 11) is 0. The van der Waals surface area contributed by atoms with Crippen LogP contribution in [0.3, 0.4) is 0 Å². The maximum atomic E-state index is 12.8. The minimum Gasteiger partial charge on any atom is -0.300 e. The van der Waals surface area contributed by atoms with Crippen molar-refractivity contribution in [2.75, 3.05) is 0 Å². The van der Waals surface area contributed by atoms with E-state index in [2.05, 4.69) is 4.84 Å². The Morgan fingerprint density at radius 2 is 2.00 bits per heavy atom. The summed E-state index contributed by atoms with van der Waals surface area (Å²) in [5, 5.41) is -0.256. The van der Waals surface area contributed by atoms with Crippen molar-refractivity contribution in [2.24, 2.45) is 5.90 Å². The molecule has 2 N–H and O–H groups in total. The summed E-state index contributed by atoms with van der Waals surface area (Å²) in [5.41, 5.74) is 0.0411. The number of halogens is 3. The molecule has 0 aliphatic rings. The first-order chi connectivity index (χ1) is 5.65. The summed E-state index contributed by atoms with van der Waals surface area (Å²) >= 11 is 5.30. The number of rotatable bonds is 2. The Kier molecular flexibility index (Phi) is 2.97. The van der Waals surface area contributed by atoms with E-state index < -0.39 is 11.6 Å². The quantitative estimate of drug-likeness (QED) is 0.576. The van der Waals surface area contributed by atoms with Gasteiger partial charge in [0.15, 0.2) is 0 Å². The number of nitrogens with two attached hydrogens (primary N) is 1. The minimum atomic E-state index is -0.690. The summed E-state index contributed by atoms with van der Waals surface area (Å²) < 4.78 is 25.5. The Labute approximate surface area is 72.8 Å². The number of hydrogen-bond donors (Lipinski definition) is 1. The van der Waals surface area contributed by atoms with Gasteiger partial charge in [-0.1, -0.05) is 11.6 Å². The molecule has 0 amide bonds. The molecule has 0 aliphatic carbocycles. The monoisotopic (exact) mass is 193 g/mol. The first kappa shape index (κ1) is 9.38. The molecule has 1 rings (SSSR count). The molecule has 0 spiro atoms. The van der Waals surface area contributed by atoms with E-state index >= 15 is 0 Å². The van der Waals surface area contributed by atoms with Crippen LogP contribution in [-0.4, -0.2) is 0 Å². The van der Waals surface area contributed by atoms with Crippen LogP contribution in [0.25, 0.3) is 0 Å². The minimum absolute atomic E-state index is 0.0411. The van der Waals surface area contributed by atoms with Gasteiger partial charge in [-0.3, -0.25) is 4.84 Å². The largest absolute Gasteiger partial charge is 0.300 e. The van der Waals surface area contributed by atoms with Gasteiger partial charge in [-0.25, -0.2) is 14.7 Å². The lowest BCUT2D eigenvalue weighted by atomic mass is 10.2. The van der Waals surface area contributed by atoms with Gasteiger partial charge in [0.05, 0.1) is 11.6 Å². The van der Waals surface area contributed by atoms with E-state index in [1.54, 1.807) is 0 Å². The maximum absolute atomic E-state index is 12.8.